The van der Waals surface area contributed by atoms with Gasteiger partial charge < -0.3 is 28.8 Å². The fraction of sp³-hybridized carbons (Fsp3) is 0.545. The van der Waals surface area contributed by atoms with Crippen LogP contribution in [0.4, 0.5) is 0 Å². The molecule has 0 radical (unpaired) electrons. The van der Waals surface area contributed by atoms with Gasteiger partial charge in [0.2, 0.25) is 0 Å². The minimum atomic E-state index is -0.934. The van der Waals surface area contributed by atoms with Crippen LogP contribution in [0.25, 0.3) is 10.8 Å². The van der Waals surface area contributed by atoms with Crippen molar-refractivity contribution in [2.75, 3.05) is 13.2 Å². The average Bonchev–Trinajstić information content (AvgIpc) is 3.20. The summed E-state index contributed by atoms with van der Waals surface area (Å²) >= 11 is 0. The highest BCUT2D eigenvalue weighted by atomic mass is 16.8. The molecule has 0 bridgehead atoms. The van der Waals surface area contributed by atoms with Crippen molar-refractivity contribution in [1.29, 1.82) is 0 Å². The quantitative estimate of drug-likeness (QED) is 0.848. The lowest BCUT2D eigenvalue weighted by Crippen LogP contribution is -2.50. The summed E-state index contributed by atoms with van der Waals surface area (Å²) < 4.78 is 29.4. The Labute approximate surface area is 165 Å². The van der Waals surface area contributed by atoms with Crippen LogP contribution in [0.5, 0.6) is 5.75 Å². The van der Waals surface area contributed by atoms with Crippen molar-refractivity contribution in [2.24, 2.45) is 0 Å². The van der Waals surface area contributed by atoms with Gasteiger partial charge >= 0.3 is 0 Å². The molecule has 2 aliphatic rings. The maximum atomic E-state index is 11.1. The zero-order valence-electron chi connectivity index (χ0n) is 16.8. The Kier molecular flexibility index (Phi) is 5.10. The lowest BCUT2D eigenvalue weighted by atomic mass is 10.0. The zero-order valence-corrected chi connectivity index (χ0v) is 16.8. The molecule has 6 heteroatoms. The van der Waals surface area contributed by atoms with Gasteiger partial charge in [0.05, 0.1) is 13.2 Å². The Morgan fingerprint density at radius 3 is 2.11 bits per heavy atom. The number of aliphatic hydroxyl groups excluding tert-OH is 1. The topological polar surface area (TPSA) is 66.4 Å². The molecule has 0 unspecified atom stereocenters. The van der Waals surface area contributed by atoms with E-state index in [1.807, 2.05) is 70.2 Å². The Morgan fingerprint density at radius 2 is 1.50 bits per heavy atom. The molecule has 2 aromatic rings. The molecular weight excluding hydrogens is 360 g/mol. The molecule has 1 N–H and O–H groups in total. The summed E-state index contributed by atoms with van der Waals surface area (Å²) in [5, 5.41) is 13.3. The first-order valence-electron chi connectivity index (χ1n) is 9.70. The molecule has 4 atom stereocenters. The second-order valence-corrected chi connectivity index (χ2v) is 8.32. The van der Waals surface area contributed by atoms with Crippen LogP contribution >= 0.6 is 0 Å². The molecule has 2 aromatic carbocycles. The normalized spacial score (nSPS) is 28.3. The Bertz CT molecular complexity index is 833. The number of hydrogen-bond acceptors (Lipinski definition) is 6. The summed E-state index contributed by atoms with van der Waals surface area (Å²) in [7, 11) is 0. The third kappa shape index (κ3) is 4.16. The van der Waals surface area contributed by atoms with Crippen molar-refractivity contribution in [3.05, 3.63) is 42.5 Å². The predicted octanol–water partition coefficient (Wildman–Crippen LogP) is 3.25. The van der Waals surface area contributed by atoms with E-state index in [1.165, 1.54) is 0 Å². The second-order valence-electron chi connectivity index (χ2n) is 8.32. The first kappa shape index (κ1) is 19.6. The van der Waals surface area contributed by atoms with E-state index in [1.54, 1.807) is 0 Å². The van der Waals surface area contributed by atoms with E-state index in [4.69, 9.17) is 23.7 Å². The Hall–Kier alpha value is -1.70. The summed E-state index contributed by atoms with van der Waals surface area (Å²) in [4.78, 5) is 0. The molecule has 4 rings (SSSR count). The van der Waals surface area contributed by atoms with E-state index in [0.717, 1.165) is 10.8 Å². The van der Waals surface area contributed by atoms with Crippen molar-refractivity contribution >= 4 is 10.8 Å². The lowest BCUT2D eigenvalue weighted by molar-refractivity contribution is -0.179. The zero-order chi connectivity index (χ0) is 19.9. The maximum absolute atomic E-state index is 11.1. The smallest absolute Gasteiger partial charge is 0.163 e. The van der Waals surface area contributed by atoms with Crippen LogP contribution in [0.15, 0.2) is 42.5 Å². The number of ether oxygens (including phenoxy) is 5. The predicted molar refractivity (Wildman–Crippen MR) is 104 cm³/mol. The number of fused-ring (bicyclic) bond motifs is 1. The van der Waals surface area contributed by atoms with Gasteiger partial charge in [-0.15, -0.1) is 0 Å². The van der Waals surface area contributed by atoms with Gasteiger partial charge in [-0.3, -0.25) is 0 Å². The third-order valence-electron chi connectivity index (χ3n) is 5.14. The molecule has 2 heterocycles. The first-order chi connectivity index (χ1) is 13.2. The molecule has 0 aliphatic carbocycles. The molecule has 0 saturated carbocycles. The fourth-order valence-electron chi connectivity index (χ4n) is 3.74. The van der Waals surface area contributed by atoms with Crippen molar-refractivity contribution in [3.8, 4) is 5.75 Å². The van der Waals surface area contributed by atoms with Gasteiger partial charge in [-0.25, -0.2) is 0 Å². The summed E-state index contributed by atoms with van der Waals surface area (Å²) in [5.74, 6) is -0.790. The molecule has 6 nitrogen and oxygen atoms in total. The minimum Gasteiger partial charge on any atom is -0.485 e. The number of rotatable bonds is 5. The largest absolute Gasteiger partial charge is 0.485 e. The van der Waals surface area contributed by atoms with Gasteiger partial charge in [0.25, 0.3) is 0 Å². The van der Waals surface area contributed by atoms with E-state index in [-0.39, 0.29) is 0 Å². The fourth-order valence-corrected chi connectivity index (χ4v) is 3.74. The highest BCUT2D eigenvalue weighted by Gasteiger charge is 2.47. The summed E-state index contributed by atoms with van der Waals surface area (Å²) in [6.07, 6.45) is -2.53. The van der Waals surface area contributed by atoms with Gasteiger partial charge in [0.15, 0.2) is 17.7 Å². The molecule has 152 valence electrons. The molecule has 2 saturated heterocycles. The van der Waals surface area contributed by atoms with E-state index in [2.05, 4.69) is 0 Å². The number of aliphatic hydroxyl groups is 1. The van der Waals surface area contributed by atoms with Crippen LogP contribution in [0.3, 0.4) is 0 Å². The average molecular weight is 388 g/mol. The van der Waals surface area contributed by atoms with Gasteiger partial charge in [-0.2, -0.15) is 0 Å². The van der Waals surface area contributed by atoms with Gasteiger partial charge in [-0.1, -0.05) is 30.3 Å². The molecule has 0 amide bonds. The summed E-state index contributed by atoms with van der Waals surface area (Å²) in [6, 6.07) is 13.9. The van der Waals surface area contributed by atoms with Crippen molar-refractivity contribution in [2.45, 2.75) is 63.7 Å². The van der Waals surface area contributed by atoms with E-state index < -0.39 is 36.0 Å². The Balaban J connectivity index is 1.58. The van der Waals surface area contributed by atoms with E-state index in [0.29, 0.717) is 19.0 Å². The first-order valence-corrected chi connectivity index (χ1v) is 9.70. The highest BCUT2D eigenvalue weighted by molar-refractivity contribution is 5.83. The number of hydrogen-bond donors (Lipinski definition) is 1. The van der Waals surface area contributed by atoms with Crippen LogP contribution < -0.4 is 4.74 Å². The van der Waals surface area contributed by atoms with Crippen molar-refractivity contribution < 1.29 is 28.8 Å². The highest BCUT2D eigenvalue weighted by Crippen LogP contribution is 2.32. The SMILES string of the molecule is CC1(C)OC[C@H]([C@@H](O)[C@H](Oc2ccc3ccccc3c2)[C@H]2COC(C)(C)O2)O1. The van der Waals surface area contributed by atoms with Crippen LogP contribution in [-0.4, -0.2) is 54.3 Å². The molecule has 0 spiro atoms. The second kappa shape index (κ2) is 7.28. The van der Waals surface area contributed by atoms with E-state index >= 15 is 0 Å². The van der Waals surface area contributed by atoms with Crippen LogP contribution in [-0.2, 0) is 18.9 Å². The van der Waals surface area contributed by atoms with Crippen LogP contribution in [0, 0.1) is 0 Å². The maximum Gasteiger partial charge on any atom is 0.163 e. The number of benzene rings is 2. The molecule has 2 fully saturated rings. The standard InChI is InChI=1S/C22H28O6/c1-21(2)24-12-17(27-21)19(23)20(18-13-25-22(3,4)28-18)26-16-10-9-14-7-5-6-8-15(14)11-16/h5-11,17-20,23H,12-13H2,1-4H3/t17-,18-,19-,20-/m1/s1. The molecule has 2 aliphatic heterocycles. The molecule has 0 aromatic heterocycles. The third-order valence-corrected chi connectivity index (χ3v) is 5.14. The van der Waals surface area contributed by atoms with Crippen molar-refractivity contribution in [1.82, 2.24) is 0 Å². The van der Waals surface area contributed by atoms with Gasteiger partial charge in [0, 0.05) is 0 Å². The molecule has 28 heavy (non-hydrogen) atoms. The van der Waals surface area contributed by atoms with Crippen LogP contribution in [0.1, 0.15) is 27.7 Å². The summed E-state index contributed by atoms with van der Waals surface area (Å²) in [6.45, 7) is 7.99. The van der Waals surface area contributed by atoms with Gasteiger partial charge in [-0.05, 0) is 50.6 Å². The Morgan fingerprint density at radius 1 is 0.893 bits per heavy atom. The van der Waals surface area contributed by atoms with E-state index in [9.17, 15) is 5.11 Å². The van der Waals surface area contributed by atoms with Crippen LogP contribution in [0.2, 0.25) is 0 Å². The molecular formula is C22H28O6. The summed E-state index contributed by atoms with van der Waals surface area (Å²) in [5.41, 5.74) is 0. The van der Waals surface area contributed by atoms with Gasteiger partial charge in [0.1, 0.15) is 24.1 Å². The monoisotopic (exact) mass is 388 g/mol. The minimum absolute atomic E-state index is 0.294. The lowest BCUT2D eigenvalue weighted by Gasteiger charge is -2.31. The van der Waals surface area contributed by atoms with Crippen molar-refractivity contribution in [3.63, 3.8) is 0 Å².